The molecule has 0 unspecified atom stereocenters. The Balaban J connectivity index is 2.41. The molecule has 0 heterocycles. The van der Waals surface area contributed by atoms with Crippen LogP contribution in [-0.4, -0.2) is 7.42 Å². The van der Waals surface area contributed by atoms with Crippen molar-refractivity contribution in [3.05, 3.63) is 48.0 Å². The van der Waals surface area contributed by atoms with Gasteiger partial charge in [0.2, 0.25) is 7.42 Å². The molecule has 0 bridgehead atoms. The van der Waals surface area contributed by atoms with E-state index in [0.717, 1.165) is 6.04 Å². The smallest absolute Gasteiger partial charge is 0.150 e. The van der Waals surface area contributed by atoms with Crippen LogP contribution in [0.1, 0.15) is 5.56 Å². The SMILES string of the molecule is Cl[SiH](Cl)Cc1ccc2ccccc2c1. The average Bonchev–Trinajstić information content (AvgIpc) is 2.17. The average molecular weight is 241 g/mol. The highest BCUT2D eigenvalue weighted by Gasteiger charge is 2.04. The van der Waals surface area contributed by atoms with Crippen molar-refractivity contribution in [1.29, 1.82) is 0 Å². The van der Waals surface area contributed by atoms with E-state index in [1.165, 1.54) is 16.3 Å². The van der Waals surface area contributed by atoms with Gasteiger partial charge in [0.25, 0.3) is 0 Å². The minimum Gasteiger partial charge on any atom is -0.150 e. The molecule has 2 rings (SSSR count). The van der Waals surface area contributed by atoms with Crippen LogP contribution in [0.3, 0.4) is 0 Å². The van der Waals surface area contributed by atoms with E-state index >= 15 is 0 Å². The summed E-state index contributed by atoms with van der Waals surface area (Å²) in [5.74, 6) is 0. The highest BCUT2D eigenvalue weighted by Crippen LogP contribution is 2.17. The van der Waals surface area contributed by atoms with Gasteiger partial charge in [0, 0.05) is 0 Å². The molecule has 0 atom stereocenters. The molecule has 14 heavy (non-hydrogen) atoms. The molecular weight excluding hydrogens is 231 g/mol. The molecule has 2 aromatic rings. The topological polar surface area (TPSA) is 0 Å². The van der Waals surface area contributed by atoms with Crippen molar-refractivity contribution < 1.29 is 0 Å². The Morgan fingerprint density at radius 3 is 2.36 bits per heavy atom. The van der Waals surface area contributed by atoms with Crippen LogP contribution in [0.25, 0.3) is 10.8 Å². The highest BCUT2D eigenvalue weighted by atomic mass is 35.7. The van der Waals surface area contributed by atoms with E-state index in [1.807, 2.05) is 12.1 Å². The lowest BCUT2D eigenvalue weighted by atomic mass is 10.1. The van der Waals surface area contributed by atoms with Crippen LogP contribution in [0.4, 0.5) is 0 Å². The summed E-state index contributed by atoms with van der Waals surface area (Å²) in [5.41, 5.74) is 1.24. The van der Waals surface area contributed by atoms with Gasteiger partial charge in [0.15, 0.2) is 0 Å². The first kappa shape index (κ1) is 10.0. The normalized spacial score (nSPS) is 11.1. The number of hydrogen-bond acceptors (Lipinski definition) is 0. The Bertz CT molecular complexity index is 440. The molecule has 0 aliphatic rings. The molecule has 0 spiro atoms. The van der Waals surface area contributed by atoms with Crippen LogP contribution in [-0.2, 0) is 6.04 Å². The lowest BCUT2D eigenvalue weighted by molar-refractivity contribution is 1.41. The van der Waals surface area contributed by atoms with E-state index in [1.54, 1.807) is 0 Å². The third-order valence-electron chi connectivity index (χ3n) is 2.20. The van der Waals surface area contributed by atoms with Crippen molar-refractivity contribution in [2.75, 3.05) is 0 Å². The fourth-order valence-electron chi connectivity index (χ4n) is 1.54. The number of benzene rings is 2. The Labute approximate surface area is 94.5 Å². The van der Waals surface area contributed by atoms with Crippen LogP contribution < -0.4 is 0 Å². The molecular formula is C11H10Cl2Si. The largest absolute Gasteiger partial charge is 0.241 e. The fraction of sp³-hybridized carbons (Fsp3) is 0.0909. The van der Waals surface area contributed by atoms with Gasteiger partial charge in [-0.25, -0.2) is 0 Å². The summed E-state index contributed by atoms with van der Waals surface area (Å²) < 4.78 is 0. The van der Waals surface area contributed by atoms with Crippen molar-refractivity contribution in [3.63, 3.8) is 0 Å². The second-order valence-electron chi connectivity index (χ2n) is 3.28. The third-order valence-corrected chi connectivity index (χ3v) is 3.91. The van der Waals surface area contributed by atoms with Gasteiger partial charge in [0.1, 0.15) is 0 Å². The molecule has 0 radical (unpaired) electrons. The molecule has 3 heteroatoms. The highest BCUT2D eigenvalue weighted by molar-refractivity contribution is 7.33. The van der Waals surface area contributed by atoms with Crippen molar-refractivity contribution >= 4 is 40.3 Å². The molecule has 72 valence electrons. The van der Waals surface area contributed by atoms with Gasteiger partial charge in [-0.1, -0.05) is 42.5 Å². The van der Waals surface area contributed by atoms with Crippen molar-refractivity contribution in [1.82, 2.24) is 0 Å². The van der Waals surface area contributed by atoms with Crippen LogP contribution in [0.2, 0.25) is 0 Å². The van der Waals surface area contributed by atoms with Gasteiger partial charge in [-0.3, -0.25) is 0 Å². The first-order valence-corrected chi connectivity index (χ1v) is 8.82. The molecule has 0 saturated carbocycles. The standard InChI is InChI=1S/C11H10Cl2Si/c12-14(13)8-9-5-6-10-3-1-2-4-11(10)7-9/h1-7,14H,8H2. The molecule has 0 N–H and O–H groups in total. The van der Waals surface area contributed by atoms with E-state index in [-0.39, 0.29) is 0 Å². The molecule has 2 aromatic carbocycles. The molecule has 0 fully saturated rings. The van der Waals surface area contributed by atoms with Gasteiger partial charge in [-0.05, 0) is 22.4 Å². The summed E-state index contributed by atoms with van der Waals surface area (Å²) in [5, 5.41) is 2.52. The van der Waals surface area contributed by atoms with E-state index < -0.39 is 7.42 Å². The second-order valence-corrected chi connectivity index (χ2v) is 8.30. The molecule has 0 aliphatic carbocycles. The number of halogens is 2. The molecule has 0 nitrogen and oxygen atoms in total. The summed E-state index contributed by atoms with van der Waals surface area (Å²) >= 11 is 11.7. The van der Waals surface area contributed by atoms with Crippen LogP contribution in [0, 0.1) is 0 Å². The predicted molar refractivity (Wildman–Crippen MR) is 66.5 cm³/mol. The quantitative estimate of drug-likeness (QED) is 0.556. The van der Waals surface area contributed by atoms with Gasteiger partial charge in [-0.2, -0.15) is 0 Å². The van der Waals surface area contributed by atoms with Gasteiger partial charge < -0.3 is 0 Å². The Morgan fingerprint density at radius 2 is 1.64 bits per heavy atom. The Hall–Kier alpha value is -0.503. The maximum atomic E-state index is 5.87. The predicted octanol–water partition coefficient (Wildman–Crippen LogP) is 3.62. The zero-order chi connectivity index (χ0) is 9.97. The molecule has 0 saturated heterocycles. The minimum absolute atomic E-state index is 0.841. The minimum atomic E-state index is -1.53. The van der Waals surface area contributed by atoms with Gasteiger partial charge in [-0.15, -0.1) is 22.2 Å². The van der Waals surface area contributed by atoms with Crippen molar-refractivity contribution in [2.45, 2.75) is 6.04 Å². The first-order valence-electron chi connectivity index (χ1n) is 4.51. The van der Waals surface area contributed by atoms with Crippen molar-refractivity contribution in [2.24, 2.45) is 0 Å². The first-order chi connectivity index (χ1) is 6.75. The van der Waals surface area contributed by atoms with E-state index in [9.17, 15) is 0 Å². The number of rotatable bonds is 2. The fourth-order valence-corrected chi connectivity index (χ4v) is 3.22. The number of hydrogen-bond donors (Lipinski definition) is 0. The lowest BCUT2D eigenvalue weighted by Crippen LogP contribution is -1.98. The maximum absolute atomic E-state index is 5.87. The van der Waals surface area contributed by atoms with Crippen LogP contribution in [0.15, 0.2) is 42.5 Å². The van der Waals surface area contributed by atoms with E-state index in [4.69, 9.17) is 22.2 Å². The monoisotopic (exact) mass is 240 g/mol. The lowest BCUT2D eigenvalue weighted by Gasteiger charge is -2.02. The van der Waals surface area contributed by atoms with Crippen LogP contribution >= 0.6 is 22.2 Å². The summed E-state index contributed by atoms with van der Waals surface area (Å²) in [6.07, 6.45) is 0. The number of fused-ring (bicyclic) bond motifs is 1. The molecule has 0 aromatic heterocycles. The zero-order valence-corrected chi connectivity index (χ0v) is 10.2. The molecule has 0 aliphatic heterocycles. The Morgan fingerprint density at radius 1 is 0.929 bits per heavy atom. The van der Waals surface area contributed by atoms with Crippen molar-refractivity contribution in [3.8, 4) is 0 Å². The van der Waals surface area contributed by atoms with Gasteiger partial charge >= 0.3 is 0 Å². The summed E-state index contributed by atoms with van der Waals surface area (Å²) in [6.45, 7) is 0. The summed E-state index contributed by atoms with van der Waals surface area (Å²) in [4.78, 5) is 0. The second kappa shape index (κ2) is 4.35. The van der Waals surface area contributed by atoms with E-state index in [2.05, 4.69) is 30.3 Å². The zero-order valence-electron chi connectivity index (χ0n) is 7.58. The summed E-state index contributed by atoms with van der Waals surface area (Å²) in [7, 11) is -1.53. The van der Waals surface area contributed by atoms with E-state index in [0.29, 0.717) is 0 Å². The van der Waals surface area contributed by atoms with Crippen LogP contribution in [0.5, 0.6) is 0 Å². The summed E-state index contributed by atoms with van der Waals surface area (Å²) in [6, 6.07) is 15.5. The van der Waals surface area contributed by atoms with Gasteiger partial charge in [0.05, 0.1) is 0 Å². The maximum Gasteiger partial charge on any atom is 0.241 e. The molecule has 0 amide bonds. The third kappa shape index (κ3) is 2.29. The Kier molecular flexibility index (Phi) is 3.11.